The summed E-state index contributed by atoms with van der Waals surface area (Å²) in [6, 6.07) is 2.10. The molecule has 5 nitrogen and oxygen atoms in total. The van der Waals surface area contributed by atoms with Gasteiger partial charge in [-0.05, 0) is 26.3 Å². The number of fused-ring (bicyclic) bond motifs is 1. The van der Waals surface area contributed by atoms with Crippen LogP contribution in [-0.2, 0) is 4.74 Å². The predicted molar refractivity (Wildman–Crippen MR) is 74.0 cm³/mol. The van der Waals surface area contributed by atoms with E-state index in [9.17, 15) is 0 Å². The van der Waals surface area contributed by atoms with Crippen molar-refractivity contribution >= 4 is 33.3 Å². The molecule has 3 rings (SSSR count). The Hall–Kier alpha value is -1.40. The second-order valence-electron chi connectivity index (χ2n) is 4.99. The third-order valence-corrected chi connectivity index (χ3v) is 4.12. The molecule has 2 aromatic rings. The van der Waals surface area contributed by atoms with Gasteiger partial charge >= 0.3 is 0 Å². The highest BCUT2D eigenvalue weighted by Crippen LogP contribution is 2.32. The number of aryl methyl sites for hydroxylation is 1. The molecule has 1 atom stereocenters. The molecule has 2 aromatic heterocycles. The number of thiophene rings is 1. The van der Waals surface area contributed by atoms with Crippen molar-refractivity contribution in [2.45, 2.75) is 25.8 Å². The maximum Gasteiger partial charge on any atom is 0.223 e. The summed E-state index contributed by atoms with van der Waals surface area (Å²) < 4.78 is 5.45. The van der Waals surface area contributed by atoms with Crippen LogP contribution in [0, 0.1) is 6.92 Å². The fourth-order valence-electron chi connectivity index (χ4n) is 2.21. The summed E-state index contributed by atoms with van der Waals surface area (Å²) in [4.78, 5) is 10.7. The van der Waals surface area contributed by atoms with E-state index < -0.39 is 0 Å². The van der Waals surface area contributed by atoms with Gasteiger partial charge in [-0.1, -0.05) is 0 Å². The van der Waals surface area contributed by atoms with Crippen LogP contribution in [0.3, 0.4) is 0 Å². The highest BCUT2D eigenvalue weighted by molar-refractivity contribution is 7.18. The van der Waals surface area contributed by atoms with Crippen molar-refractivity contribution in [3.8, 4) is 0 Å². The highest BCUT2D eigenvalue weighted by Gasteiger charge is 2.30. The van der Waals surface area contributed by atoms with Crippen LogP contribution in [0.1, 0.15) is 18.2 Å². The summed E-state index contributed by atoms with van der Waals surface area (Å²) in [5, 5.41) is 4.51. The highest BCUT2D eigenvalue weighted by atomic mass is 32.1. The normalized spacial score (nSPS) is 23.7. The number of hydrogen-bond acceptors (Lipinski definition) is 6. The quantitative estimate of drug-likeness (QED) is 0.869. The molecular weight excluding hydrogens is 248 g/mol. The Balaban J connectivity index is 2.04. The molecule has 1 unspecified atom stereocenters. The van der Waals surface area contributed by atoms with E-state index in [2.05, 4.69) is 35.2 Å². The van der Waals surface area contributed by atoms with Gasteiger partial charge in [0, 0.05) is 11.5 Å². The first-order valence-corrected chi connectivity index (χ1v) is 6.77. The average Bonchev–Trinajstić information content (AvgIpc) is 2.84. The zero-order valence-corrected chi connectivity index (χ0v) is 11.3. The molecule has 3 N–H and O–H groups in total. The zero-order chi connectivity index (χ0) is 12.8. The van der Waals surface area contributed by atoms with Crippen molar-refractivity contribution in [2.75, 3.05) is 24.3 Å². The maximum atomic E-state index is 5.76. The third kappa shape index (κ3) is 2.02. The van der Waals surface area contributed by atoms with Crippen LogP contribution in [0.15, 0.2) is 6.07 Å². The molecule has 1 saturated heterocycles. The molecule has 6 heteroatoms. The minimum absolute atomic E-state index is 0.0659. The number of hydrogen-bond donors (Lipinski definition) is 2. The Morgan fingerprint density at radius 3 is 3.06 bits per heavy atom. The van der Waals surface area contributed by atoms with E-state index in [-0.39, 0.29) is 5.54 Å². The summed E-state index contributed by atoms with van der Waals surface area (Å²) in [6.45, 7) is 5.69. The van der Waals surface area contributed by atoms with Crippen molar-refractivity contribution in [2.24, 2.45) is 0 Å². The van der Waals surface area contributed by atoms with Crippen LogP contribution in [0.4, 0.5) is 11.8 Å². The minimum Gasteiger partial charge on any atom is -0.379 e. The first-order valence-electron chi connectivity index (χ1n) is 5.95. The number of rotatable bonds is 2. The van der Waals surface area contributed by atoms with Crippen molar-refractivity contribution in [3.63, 3.8) is 0 Å². The molecule has 1 aliphatic heterocycles. The third-order valence-electron chi connectivity index (χ3n) is 3.17. The lowest BCUT2D eigenvalue weighted by molar-refractivity contribution is 0.185. The van der Waals surface area contributed by atoms with Gasteiger partial charge in [0.25, 0.3) is 0 Å². The predicted octanol–water partition coefficient (Wildman–Crippen LogP) is 2.17. The average molecular weight is 264 g/mol. The van der Waals surface area contributed by atoms with E-state index in [0.717, 1.165) is 29.1 Å². The van der Waals surface area contributed by atoms with Crippen molar-refractivity contribution < 1.29 is 4.74 Å². The van der Waals surface area contributed by atoms with Gasteiger partial charge in [-0.25, -0.2) is 4.98 Å². The van der Waals surface area contributed by atoms with Crippen molar-refractivity contribution in [1.29, 1.82) is 0 Å². The summed E-state index contributed by atoms with van der Waals surface area (Å²) in [6.07, 6.45) is 0.974. The molecule has 18 heavy (non-hydrogen) atoms. The summed E-state index contributed by atoms with van der Waals surface area (Å²) in [5.74, 6) is 1.13. The van der Waals surface area contributed by atoms with Gasteiger partial charge in [-0.3, -0.25) is 0 Å². The summed E-state index contributed by atoms with van der Waals surface area (Å²) >= 11 is 1.63. The molecule has 0 spiro atoms. The molecule has 96 valence electrons. The molecule has 0 saturated carbocycles. The summed E-state index contributed by atoms with van der Waals surface area (Å²) in [7, 11) is 0. The Bertz CT molecular complexity index is 589. The molecular formula is C12H16N4OS. The second kappa shape index (κ2) is 4.07. The lowest BCUT2D eigenvalue weighted by atomic mass is 10.0. The molecule has 0 radical (unpaired) electrons. The Labute approximate surface area is 109 Å². The molecule has 0 aromatic carbocycles. The van der Waals surface area contributed by atoms with Crippen LogP contribution >= 0.6 is 11.3 Å². The van der Waals surface area contributed by atoms with Gasteiger partial charge < -0.3 is 15.8 Å². The van der Waals surface area contributed by atoms with Gasteiger partial charge in [0.15, 0.2) is 0 Å². The van der Waals surface area contributed by atoms with Crippen LogP contribution in [-0.4, -0.2) is 28.7 Å². The number of nitrogen functional groups attached to an aromatic ring is 1. The molecule has 1 fully saturated rings. The molecule has 0 amide bonds. The minimum atomic E-state index is -0.0659. The first-order chi connectivity index (χ1) is 8.56. The number of nitrogens with one attached hydrogen (secondary N) is 1. The van der Waals surface area contributed by atoms with E-state index in [1.54, 1.807) is 11.3 Å². The van der Waals surface area contributed by atoms with Crippen molar-refractivity contribution in [3.05, 3.63) is 10.9 Å². The number of nitrogens with two attached hydrogens (primary N) is 1. The fraction of sp³-hybridized carbons (Fsp3) is 0.500. The van der Waals surface area contributed by atoms with E-state index >= 15 is 0 Å². The van der Waals surface area contributed by atoms with Gasteiger partial charge in [-0.2, -0.15) is 4.98 Å². The summed E-state index contributed by atoms with van der Waals surface area (Å²) in [5.41, 5.74) is 5.70. The van der Waals surface area contributed by atoms with Crippen LogP contribution in [0.5, 0.6) is 0 Å². The van der Waals surface area contributed by atoms with Crippen molar-refractivity contribution in [1.82, 2.24) is 9.97 Å². The zero-order valence-electron chi connectivity index (χ0n) is 10.5. The number of aromatic nitrogens is 2. The number of nitrogens with zero attached hydrogens (tertiary/aromatic N) is 2. The van der Waals surface area contributed by atoms with Gasteiger partial charge in [0.1, 0.15) is 10.6 Å². The fourth-order valence-corrected chi connectivity index (χ4v) is 3.09. The molecule has 1 aliphatic rings. The SMILES string of the molecule is Cc1cc2c(NC3(C)CCOC3)nc(N)nc2s1. The topological polar surface area (TPSA) is 73.1 Å². The smallest absolute Gasteiger partial charge is 0.223 e. The molecule has 0 bridgehead atoms. The van der Waals surface area contributed by atoms with Crippen LogP contribution in [0.2, 0.25) is 0 Å². The Kier molecular flexibility index (Phi) is 2.64. The Morgan fingerprint density at radius 2 is 2.33 bits per heavy atom. The first kappa shape index (κ1) is 11.7. The van der Waals surface area contributed by atoms with Crippen LogP contribution in [0.25, 0.3) is 10.2 Å². The Morgan fingerprint density at radius 1 is 1.50 bits per heavy atom. The van der Waals surface area contributed by atoms with E-state index in [4.69, 9.17) is 10.5 Å². The van der Waals surface area contributed by atoms with Crippen LogP contribution < -0.4 is 11.1 Å². The van der Waals surface area contributed by atoms with Gasteiger partial charge in [0.05, 0.1) is 17.5 Å². The monoisotopic (exact) mass is 264 g/mol. The second-order valence-corrected chi connectivity index (χ2v) is 6.23. The lowest BCUT2D eigenvalue weighted by Gasteiger charge is -2.24. The maximum absolute atomic E-state index is 5.76. The van der Waals surface area contributed by atoms with Gasteiger partial charge in [0.2, 0.25) is 5.95 Å². The number of anilines is 2. The number of ether oxygens (including phenoxy) is 1. The van der Waals surface area contributed by atoms with E-state index in [0.29, 0.717) is 12.6 Å². The standard InChI is InChI=1S/C12H16N4OS/c1-7-5-8-9(14-11(13)15-10(8)18-7)16-12(2)3-4-17-6-12/h5H,3-4,6H2,1-2H3,(H3,13,14,15,16). The molecule has 0 aliphatic carbocycles. The van der Waals surface area contributed by atoms with E-state index in [1.807, 2.05) is 0 Å². The molecule has 3 heterocycles. The lowest BCUT2D eigenvalue weighted by Crippen LogP contribution is -2.35. The largest absolute Gasteiger partial charge is 0.379 e. The van der Waals surface area contributed by atoms with Gasteiger partial charge in [-0.15, -0.1) is 11.3 Å². The van der Waals surface area contributed by atoms with E-state index in [1.165, 1.54) is 4.88 Å².